The Morgan fingerprint density at radius 1 is 1.45 bits per heavy atom. The van der Waals surface area contributed by atoms with E-state index >= 15 is 0 Å². The van der Waals surface area contributed by atoms with Gasteiger partial charge in [0.1, 0.15) is 0 Å². The summed E-state index contributed by atoms with van der Waals surface area (Å²) in [4.78, 5) is 20.8. The van der Waals surface area contributed by atoms with Crippen LogP contribution in [-0.2, 0) is 6.54 Å². The molecule has 0 spiro atoms. The number of hydrogen-bond donors (Lipinski definition) is 2. The van der Waals surface area contributed by atoms with Gasteiger partial charge in [-0.05, 0) is 37.8 Å². The average Bonchev–Trinajstić information content (AvgIpc) is 2.48. The number of nitrogens with one attached hydrogen (secondary N) is 1. The Kier molecular flexibility index (Phi) is 4.47. The number of pyridine rings is 1. The summed E-state index contributed by atoms with van der Waals surface area (Å²) in [5.41, 5.74) is 1.87. The fourth-order valence-corrected chi connectivity index (χ4v) is 3.03. The first-order valence-electron chi connectivity index (χ1n) is 8.02. The van der Waals surface area contributed by atoms with Gasteiger partial charge in [-0.25, -0.2) is 4.79 Å². The first kappa shape index (κ1) is 15.1. The van der Waals surface area contributed by atoms with Gasteiger partial charge in [-0.3, -0.25) is 4.98 Å². The number of urea groups is 1. The highest BCUT2D eigenvalue weighted by atomic mass is 16.3. The van der Waals surface area contributed by atoms with E-state index < -0.39 is 0 Å². The van der Waals surface area contributed by atoms with E-state index in [0.29, 0.717) is 19.1 Å². The molecule has 1 aromatic heterocycles. The Hall–Kier alpha value is -1.82. The van der Waals surface area contributed by atoms with Crippen LogP contribution in [0.2, 0.25) is 0 Å². The molecule has 3 rings (SSSR count). The number of carbonyl (C=O) groups is 1. The lowest BCUT2D eigenvalue weighted by Crippen LogP contribution is -2.49. The monoisotopic (exact) mass is 304 g/mol. The number of hydrogen-bond acceptors (Lipinski definition) is 4. The minimum absolute atomic E-state index is 0.00209. The molecule has 1 aliphatic heterocycles. The maximum atomic E-state index is 12.5. The van der Waals surface area contributed by atoms with Crippen molar-refractivity contribution in [1.29, 1.82) is 0 Å². The predicted octanol–water partition coefficient (Wildman–Crippen LogP) is 1.35. The van der Waals surface area contributed by atoms with Crippen LogP contribution in [0.3, 0.4) is 0 Å². The SMILES string of the molecule is CN1c2cccnc2CN(C(=O)NC2CCC2)CCC1CO. The van der Waals surface area contributed by atoms with Gasteiger partial charge in [0.2, 0.25) is 0 Å². The molecule has 1 fully saturated rings. The molecule has 1 unspecified atom stereocenters. The van der Waals surface area contributed by atoms with Crippen LogP contribution in [0.15, 0.2) is 18.3 Å². The Morgan fingerprint density at radius 3 is 2.95 bits per heavy atom. The number of aliphatic hydroxyl groups is 1. The molecule has 2 N–H and O–H groups in total. The minimum Gasteiger partial charge on any atom is -0.394 e. The molecule has 0 aromatic carbocycles. The van der Waals surface area contributed by atoms with E-state index in [2.05, 4.69) is 15.2 Å². The lowest BCUT2D eigenvalue weighted by atomic mass is 9.93. The number of fused-ring (bicyclic) bond motifs is 1. The molecule has 1 saturated carbocycles. The third-order valence-corrected chi connectivity index (χ3v) is 4.80. The van der Waals surface area contributed by atoms with Crippen molar-refractivity contribution in [2.75, 3.05) is 25.1 Å². The second-order valence-electron chi connectivity index (χ2n) is 6.20. The largest absolute Gasteiger partial charge is 0.394 e. The first-order valence-corrected chi connectivity index (χ1v) is 8.02. The molecule has 0 bridgehead atoms. The van der Waals surface area contributed by atoms with Crippen molar-refractivity contribution in [2.45, 2.75) is 44.3 Å². The molecular weight excluding hydrogens is 280 g/mol. The zero-order chi connectivity index (χ0) is 15.5. The highest BCUT2D eigenvalue weighted by Crippen LogP contribution is 2.25. The van der Waals surface area contributed by atoms with Gasteiger partial charge < -0.3 is 20.2 Å². The topological polar surface area (TPSA) is 68.7 Å². The third kappa shape index (κ3) is 3.02. The van der Waals surface area contributed by atoms with Gasteiger partial charge in [0.25, 0.3) is 0 Å². The summed E-state index contributed by atoms with van der Waals surface area (Å²) in [5.74, 6) is 0. The quantitative estimate of drug-likeness (QED) is 0.865. The molecule has 6 heteroatoms. The molecule has 6 nitrogen and oxygen atoms in total. The minimum atomic E-state index is -0.0115. The number of nitrogens with zero attached hydrogens (tertiary/aromatic N) is 3. The molecule has 1 aliphatic carbocycles. The number of aromatic nitrogens is 1. The van der Waals surface area contributed by atoms with Crippen molar-refractivity contribution < 1.29 is 9.90 Å². The van der Waals surface area contributed by atoms with Gasteiger partial charge in [-0.1, -0.05) is 0 Å². The maximum Gasteiger partial charge on any atom is 0.317 e. The Labute approximate surface area is 131 Å². The number of amides is 2. The van der Waals surface area contributed by atoms with Crippen LogP contribution >= 0.6 is 0 Å². The summed E-state index contributed by atoms with van der Waals surface area (Å²) in [5, 5.41) is 12.7. The van der Waals surface area contributed by atoms with Crippen LogP contribution in [0, 0.1) is 0 Å². The first-order chi connectivity index (χ1) is 10.7. The van der Waals surface area contributed by atoms with Gasteiger partial charge in [-0.15, -0.1) is 0 Å². The molecule has 2 amide bonds. The maximum absolute atomic E-state index is 12.5. The average molecular weight is 304 g/mol. The van der Waals surface area contributed by atoms with E-state index in [1.165, 1.54) is 6.42 Å². The number of anilines is 1. The highest BCUT2D eigenvalue weighted by Gasteiger charge is 2.27. The third-order valence-electron chi connectivity index (χ3n) is 4.80. The van der Waals surface area contributed by atoms with Gasteiger partial charge in [0.05, 0.1) is 30.6 Å². The Balaban J connectivity index is 1.79. The fourth-order valence-electron chi connectivity index (χ4n) is 3.03. The van der Waals surface area contributed by atoms with Gasteiger partial charge in [0, 0.05) is 25.8 Å². The van der Waals surface area contributed by atoms with E-state index in [1.807, 2.05) is 24.1 Å². The Morgan fingerprint density at radius 2 is 2.27 bits per heavy atom. The molecule has 120 valence electrons. The molecule has 1 atom stereocenters. The van der Waals surface area contributed by atoms with Crippen molar-refractivity contribution >= 4 is 11.7 Å². The summed E-state index contributed by atoms with van der Waals surface area (Å²) < 4.78 is 0. The van der Waals surface area contributed by atoms with Crippen LogP contribution < -0.4 is 10.2 Å². The molecule has 2 heterocycles. The second kappa shape index (κ2) is 6.52. The fraction of sp³-hybridized carbons (Fsp3) is 0.625. The smallest absolute Gasteiger partial charge is 0.317 e. The van der Waals surface area contributed by atoms with Gasteiger partial charge in [-0.2, -0.15) is 0 Å². The summed E-state index contributed by atoms with van der Waals surface area (Å²) in [6.45, 7) is 1.21. The summed E-state index contributed by atoms with van der Waals surface area (Å²) in [6.07, 6.45) is 5.86. The number of rotatable bonds is 2. The van der Waals surface area contributed by atoms with Crippen molar-refractivity contribution in [3.05, 3.63) is 24.0 Å². The van der Waals surface area contributed by atoms with Crippen LogP contribution in [0.25, 0.3) is 0 Å². The van der Waals surface area contributed by atoms with Crippen LogP contribution in [0.4, 0.5) is 10.5 Å². The van der Waals surface area contributed by atoms with E-state index in [-0.39, 0.29) is 18.7 Å². The molecule has 0 saturated heterocycles. The molecular formula is C16H24N4O2. The normalized spacial score (nSPS) is 22.4. The number of aliphatic hydroxyl groups excluding tert-OH is 1. The van der Waals surface area contributed by atoms with Crippen LogP contribution in [0.1, 0.15) is 31.4 Å². The van der Waals surface area contributed by atoms with Gasteiger partial charge >= 0.3 is 6.03 Å². The van der Waals surface area contributed by atoms with E-state index in [0.717, 1.165) is 30.6 Å². The van der Waals surface area contributed by atoms with E-state index in [1.54, 1.807) is 6.20 Å². The van der Waals surface area contributed by atoms with Crippen molar-refractivity contribution in [1.82, 2.24) is 15.2 Å². The second-order valence-corrected chi connectivity index (χ2v) is 6.20. The zero-order valence-corrected chi connectivity index (χ0v) is 13.0. The molecule has 2 aliphatic rings. The van der Waals surface area contributed by atoms with E-state index in [4.69, 9.17) is 0 Å². The van der Waals surface area contributed by atoms with E-state index in [9.17, 15) is 9.90 Å². The number of carbonyl (C=O) groups excluding carboxylic acids is 1. The Bertz CT molecular complexity index is 533. The standard InChI is InChI=1S/C16H24N4O2/c1-19-13(11-21)7-9-20(16(22)18-12-4-2-5-12)10-14-15(19)6-3-8-17-14/h3,6,8,12-13,21H,2,4-5,7,9-11H2,1H3,(H,18,22). The lowest BCUT2D eigenvalue weighted by molar-refractivity contribution is 0.174. The van der Waals surface area contributed by atoms with Crippen molar-refractivity contribution in [3.63, 3.8) is 0 Å². The summed E-state index contributed by atoms with van der Waals surface area (Å²) >= 11 is 0. The molecule has 0 radical (unpaired) electrons. The number of likely N-dealkylation sites (N-methyl/N-ethyl adjacent to an activating group) is 1. The van der Waals surface area contributed by atoms with Crippen molar-refractivity contribution in [2.24, 2.45) is 0 Å². The highest BCUT2D eigenvalue weighted by molar-refractivity contribution is 5.75. The van der Waals surface area contributed by atoms with Crippen LogP contribution in [0.5, 0.6) is 0 Å². The summed E-state index contributed by atoms with van der Waals surface area (Å²) in [6, 6.07) is 4.21. The molecule has 1 aromatic rings. The van der Waals surface area contributed by atoms with Gasteiger partial charge in [0.15, 0.2) is 0 Å². The van der Waals surface area contributed by atoms with Crippen LogP contribution in [-0.4, -0.2) is 53.3 Å². The van der Waals surface area contributed by atoms with Crippen molar-refractivity contribution in [3.8, 4) is 0 Å². The lowest BCUT2D eigenvalue weighted by Gasteiger charge is -2.37. The summed E-state index contributed by atoms with van der Waals surface area (Å²) in [7, 11) is 1.98. The predicted molar refractivity (Wildman–Crippen MR) is 84.7 cm³/mol. The zero-order valence-electron chi connectivity index (χ0n) is 13.0. The molecule has 22 heavy (non-hydrogen) atoms.